The minimum atomic E-state index is -0.442. The van der Waals surface area contributed by atoms with Gasteiger partial charge in [0.2, 0.25) is 17.7 Å². The second-order valence-corrected chi connectivity index (χ2v) is 5.95. The maximum Gasteiger partial charge on any atom is 0.246 e. The number of hydrogen-bond acceptors (Lipinski definition) is 4. The Balaban J connectivity index is 1.67. The first-order valence-electron chi connectivity index (χ1n) is 7.69. The van der Waals surface area contributed by atoms with E-state index in [1.54, 1.807) is 18.3 Å². The second kappa shape index (κ2) is 6.24. The van der Waals surface area contributed by atoms with Crippen LogP contribution in [0.2, 0.25) is 0 Å². The van der Waals surface area contributed by atoms with E-state index in [1.165, 1.54) is 0 Å². The van der Waals surface area contributed by atoms with Crippen molar-refractivity contribution in [2.24, 2.45) is 0 Å². The highest BCUT2D eigenvalue weighted by molar-refractivity contribution is 5.99. The third-order valence-electron chi connectivity index (χ3n) is 3.80. The molecule has 6 nitrogen and oxygen atoms in total. The van der Waals surface area contributed by atoms with Gasteiger partial charge >= 0.3 is 0 Å². The van der Waals surface area contributed by atoms with E-state index < -0.39 is 6.04 Å². The maximum atomic E-state index is 12.0. The fraction of sp³-hybridized carbons (Fsp3) is 0.353. The van der Waals surface area contributed by atoms with Crippen molar-refractivity contribution in [2.75, 3.05) is 5.32 Å². The van der Waals surface area contributed by atoms with E-state index in [-0.39, 0.29) is 17.7 Å². The lowest BCUT2D eigenvalue weighted by Gasteiger charge is -2.11. The number of nitrogens with one attached hydrogen (secondary N) is 2. The summed E-state index contributed by atoms with van der Waals surface area (Å²) in [6.45, 7) is 4.09. The Kier molecular flexibility index (Phi) is 4.14. The highest BCUT2D eigenvalue weighted by atomic mass is 16.4. The molecule has 0 spiro atoms. The van der Waals surface area contributed by atoms with Gasteiger partial charge in [-0.25, -0.2) is 4.98 Å². The van der Waals surface area contributed by atoms with Crippen LogP contribution in [0.5, 0.6) is 0 Å². The number of carbonyl (C=O) groups is 2. The minimum Gasteiger partial charge on any atom is -0.441 e. The molecule has 1 aliphatic heterocycles. The van der Waals surface area contributed by atoms with Gasteiger partial charge in [-0.05, 0) is 30.7 Å². The molecule has 1 aliphatic rings. The number of carbonyl (C=O) groups excluding carboxylic acids is 2. The summed E-state index contributed by atoms with van der Waals surface area (Å²) in [6, 6.07) is 6.84. The lowest BCUT2D eigenvalue weighted by Crippen LogP contribution is -2.37. The highest BCUT2D eigenvalue weighted by Crippen LogP contribution is 2.24. The first kappa shape index (κ1) is 15.3. The molecule has 0 aliphatic carbocycles. The zero-order valence-corrected chi connectivity index (χ0v) is 13.1. The predicted octanol–water partition coefficient (Wildman–Crippen LogP) is 2.68. The average Bonchev–Trinajstić information content (AvgIpc) is 3.17. The summed E-state index contributed by atoms with van der Waals surface area (Å²) in [5.41, 5.74) is 1.53. The van der Waals surface area contributed by atoms with Crippen molar-refractivity contribution in [1.82, 2.24) is 10.3 Å². The number of oxazole rings is 1. The van der Waals surface area contributed by atoms with Gasteiger partial charge in [0.05, 0.1) is 6.20 Å². The van der Waals surface area contributed by atoms with Gasteiger partial charge < -0.3 is 15.1 Å². The Morgan fingerprint density at radius 1 is 1.35 bits per heavy atom. The third-order valence-corrected chi connectivity index (χ3v) is 3.80. The summed E-state index contributed by atoms with van der Waals surface area (Å²) in [4.78, 5) is 27.5. The number of hydrogen-bond donors (Lipinski definition) is 2. The van der Waals surface area contributed by atoms with E-state index in [9.17, 15) is 9.59 Å². The number of anilines is 1. The summed E-state index contributed by atoms with van der Waals surface area (Å²) in [6.07, 6.45) is 2.68. The van der Waals surface area contributed by atoms with Crippen molar-refractivity contribution in [3.05, 3.63) is 36.2 Å². The van der Waals surface area contributed by atoms with Crippen LogP contribution in [0.15, 0.2) is 34.9 Å². The quantitative estimate of drug-likeness (QED) is 0.909. The lowest BCUT2D eigenvalue weighted by molar-refractivity contribution is -0.122. The molecule has 2 heterocycles. The summed E-state index contributed by atoms with van der Waals surface area (Å²) in [7, 11) is 0. The van der Waals surface area contributed by atoms with Crippen LogP contribution in [0, 0.1) is 0 Å². The van der Waals surface area contributed by atoms with Crippen LogP contribution in [0.1, 0.15) is 38.4 Å². The number of amides is 2. The Labute approximate surface area is 134 Å². The molecule has 2 amide bonds. The molecule has 0 radical (unpaired) electrons. The fourth-order valence-electron chi connectivity index (χ4n) is 2.42. The fourth-order valence-corrected chi connectivity index (χ4v) is 2.42. The van der Waals surface area contributed by atoms with Crippen LogP contribution in [-0.2, 0) is 9.59 Å². The molecule has 3 rings (SSSR count). The normalized spacial score (nSPS) is 17.3. The minimum absolute atomic E-state index is 0.0784. The third kappa shape index (κ3) is 3.41. The SMILES string of the molecule is CC(C)c1cnc(-c2ccc(NC(=O)[C@H]3CCC(=O)N3)cc2)o1. The van der Waals surface area contributed by atoms with Gasteiger partial charge in [-0.3, -0.25) is 9.59 Å². The van der Waals surface area contributed by atoms with E-state index in [2.05, 4.69) is 15.6 Å². The zero-order chi connectivity index (χ0) is 16.4. The van der Waals surface area contributed by atoms with Gasteiger partial charge in [-0.2, -0.15) is 0 Å². The van der Waals surface area contributed by atoms with E-state index >= 15 is 0 Å². The lowest BCUT2D eigenvalue weighted by atomic mass is 10.2. The second-order valence-electron chi connectivity index (χ2n) is 5.95. The van der Waals surface area contributed by atoms with E-state index in [0.717, 1.165) is 11.3 Å². The molecular formula is C17H19N3O3. The van der Waals surface area contributed by atoms with Gasteiger partial charge in [0.1, 0.15) is 11.8 Å². The molecular weight excluding hydrogens is 294 g/mol. The number of rotatable bonds is 4. The van der Waals surface area contributed by atoms with Crippen molar-refractivity contribution in [3.8, 4) is 11.5 Å². The molecule has 1 aromatic heterocycles. The predicted molar refractivity (Wildman–Crippen MR) is 85.8 cm³/mol. The van der Waals surface area contributed by atoms with Crippen LogP contribution in [0.4, 0.5) is 5.69 Å². The molecule has 23 heavy (non-hydrogen) atoms. The monoisotopic (exact) mass is 313 g/mol. The van der Waals surface area contributed by atoms with E-state index in [0.29, 0.717) is 24.4 Å². The van der Waals surface area contributed by atoms with Crippen LogP contribution in [0.3, 0.4) is 0 Å². The van der Waals surface area contributed by atoms with Gasteiger partial charge in [0.15, 0.2) is 0 Å². The van der Waals surface area contributed by atoms with Gasteiger partial charge in [-0.15, -0.1) is 0 Å². The molecule has 1 aromatic carbocycles. The van der Waals surface area contributed by atoms with Crippen LogP contribution in [-0.4, -0.2) is 22.8 Å². The Bertz CT molecular complexity index is 719. The van der Waals surface area contributed by atoms with Gasteiger partial charge in [0, 0.05) is 23.6 Å². The molecule has 1 saturated heterocycles. The number of aromatic nitrogens is 1. The Morgan fingerprint density at radius 2 is 2.09 bits per heavy atom. The van der Waals surface area contributed by atoms with Crippen LogP contribution in [0.25, 0.3) is 11.5 Å². The molecule has 2 aromatic rings. The number of nitrogens with zero attached hydrogens (tertiary/aromatic N) is 1. The van der Waals surface area contributed by atoms with Gasteiger partial charge in [0.25, 0.3) is 0 Å². The van der Waals surface area contributed by atoms with Crippen LogP contribution < -0.4 is 10.6 Å². The molecule has 1 fully saturated rings. The van der Waals surface area contributed by atoms with E-state index in [4.69, 9.17) is 4.42 Å². The van der Waals surface area contributed by atoms with Gasteiger partial charge in [-0.1, -0.05) is 13.8 Å². The van der Waals surface area contributed by atoms with E-state index in [1.807, 2.05) is 26.0 Å². The standard InChI is InChI=1S/C17H19N3O3/c1-10(2)14-9-18-17(23-14)11-3-5-12(6-4-11)19-16(22)13-7-8-15(21)20-13/h3-6,9-10,13H,7-8H2,1-2H3,(H,19,22)(H,20,21)/t13-/m1/s1. The first-order valence-corrected chi connectivity index (χ1v) is 7.69. The molecule has 1 atom stereocenters. The van der Waals surface area contributed by atoms with Crippen molar-refractivity contribution in [3.63, 3.8) is 0 Å². The molecule has 2 N–H and O–H groups in total. The smallest absolute Gasteiger partial charge is 0.246 e. The summed E-state index contributed by atoms with van der Waals surface area (Å²) in [5, 5.41) is 5.45. The van der Waals surface area contributed by atoms with Crippen LogP contribution >= 0.6 is 0 Å². The average molecular weight is 313 g/mol. The zero-order valence-electron chi connectivity index (χ0n) is 13.1. The topological polar surface area (TPSA) is 84.2 Å². The summed E-state index contributed by atoms with van der Waals surface area (Å²) >= 11 is 0. The van der Waals surface area contributed by atoms with Crippen molar-refractivity contribution in [2.45, 2.75) is 38.6 Å². The van der Waals surface area contributed by atoms with Crippen molar-refractivity contribution < 1.29 is 14.0 Å². The largest absolute Gasteiger partial charge is 0.441 e. The Hall–Kier alpha value is -2.63. The maximum absolute atomic E-state index is 12.0. The summed E-state index contributed by atoms with van der Waals surface area (Å²) in [5.74, 6) is 1.42. The molecule has 0 unspecified atom stereocenters. The highest BCUT2D eigenvalue weighted by Gasteiger charge is 2.27. The van der Waals surface area contributed by atoms with Crippen molar-refractivity contribution >= 4 is 17.5 Å². The first-order chi connectivity index (χ1) is 11.0. The molecule has 0 saturated carbocycles. The Morgan fingerprint density at radius 3 is 2.65 bits per heavy atom. The number of benzene rings is 1. The summed E-state index contributed by atoms with van der Waals surface area (Å²) < 4.78 is 5.70. The van der Waals surface area contributed by atoms with Crippen molar-refractivity contribution in [1.29, 1.82) is 0 Å². The molecule has 0 bridgehead atoms. The molecule has 6 heteroatoms. The molecule has 120 valence electrons.